The van der Waals surface area contributed by atoms with Gasteiger partial charge in [-0.1, -0.05) is 26.7 Å². The second kappa shape index (κ2) is 3.13. The van der Waals surface area contributed by atoms with Crippen molar-refractivity contribution in [1.29, 1.82) is 0 Å². The van der Waals surface area contributed by atoms with Gasteiger partial charge in [-0.25, -0.2) is 8.42 Å². The van der Waals surface area contributed by atoms with Gasteiger partial charge in [0.1, 0.15) is 0 Å². The number of hydrogen-bond acceptors (Lipinski definition) is 2. The normalized spacial score (nSPS) is 33.6. The number of hydrogen-bond donors (Lipinski definition) is 0. The van der Waals surface area contributed by atoms with Crippen molar-refractivity contribution < 1.29 is 8.42 Å². The van der Waals surface area contributed by atoms with Crippen molar-refractivity contribution in [2.24, 2.45) is 0 Å². The third-order valence-corrected chi connectivity index (χ3v) is 4.83. The van der Waals surface area contributed by atoms with Gasteiger partial charge in [0.25, 0.3) is 0 Å². The first-order chi connectivity index (χ1) is 5.14. The fourth-order valence-electron chi connectivity index (χ4n) is 1.65. The summed E-state index contributed by atoms with van der Waals surface area (Å²) in [6.45, 7) is 4.08. The van der Waals surface area contributed by atoms with Crippen LogP contribution in [0.4, 0.5) is 0 Å². The van der Waals surface area contributed by atoms with Crippen LogP contribution in [0.5, 0.6) is 0 Å². The van der Waals surface area contributed by atoms with Crippen LogP contribution in [0, 0.1) is 0 Å². The lowest BCUT2D eigenvalue weighted by Gasteiger charge is -1.87. The van der Waals surface area contributed by atoms with Gasteiger partial charge in [-0.05, 0) is 12.8 Å². The molecule has 1 aliphatic rings. The van der Waals surface area contributed by atoms with E-state index >= 15 is 0 Å². The van der Waals surface area contributed by atoms with Crippen molar-refractivity contribution >= 4 is 9.84 Å². The van der Waals surface area contributed by atoms with Gasteiger partial charge < -0.3 is 0 Å². The molecule has 0 aromatic heterocycles. The van der Waals surface area contributed by atoms with Crippen LogP contribution in [-0.2, 0) is 9.84 Å². The quantitative estimate of drug-likeness (QED) is 0.612. The van der Waals surface area contributed by atoms with E-state index in [9.17, 15) is 8.42 Å². The SMILES string of the molecule is CCCC1C(CCC)S1(=O)=O. The minimum atomic E-state index is -2.62. The molecule has 1 aliphatic heterocycles. The molecular weight excluding hydrogens is 160 g/mol. The van der Waals surface area contributed by atoms with E-state index in [1.807, 2.05) is 13.8 Å². The van der Waals surface area contributed by atoms with Gasteiger partial charge in [0.15, 0.2) is 9.84 Å². The molecule has 0 aliphatic carbocycles. The van der Waals surface area contributed by atoms with Gasteiger partial charge in [-0.2, -0.15) is 0 Å². The minimum Gasteiger partial charge on any atom is -0.228 e. The first-order valence-electron chi connectivity index (χ1n) is 4.37. The summed E-state index contributed by atoms with van der Waals surface area (Å²) in [7, 11) is -2.62. The summed E-state index contributed by atoms with van der Waals surface area (Å²) in [6.07, 6.45) is 3.72. The Bertz CT molecular complexity index is 200. The Morgan fingerprint density at radius 3 is 1.64 bits per heavy atom. The lowest BCUT2D eigenvalue weighted by Crippen LogP contribution is -1.91. The minimum absolute atomic E-state index is 0.0208. The number of sulfone groups is 1. The molecule has 3 heteroatoms. The zero-order valence-corrected chi connectivity index (χ0v) is 8.02. The highest BCUT2D eigenvalue weighted by molar-refractivity contribution is 7.99. The van der Waals surface area contributed by atoms with Gasteiger partial charge in [0.2, 0.25) is 0 Å². The van der Waals surface area contributed by atoms with Crippen LogP contribution >= 0.6 is 0 Å². The largest absolute Gasteiger partial charge is 0.228 e. The molecule has 0 bridgehead atoms. The Labute approximate surface area is 68.9 Å². The standard InChI is InChI=1S/C8H16O2S/c1-3-5-7-8(6-4-2)11(7,9)10/h7-8H,3-6H2,1-2H3. The highest BCUT2D eigenvalue weighted by Gasteiger charge is 2.54. The first-order valence-corrected chi connectivity index (χ1v) is 5.98. The molecule has 2 unspecified atom stereocenters. The summed E-state index contributed by atoms with van der Waals surface area (Å²) in [5.74, 6) is 0. The summed E-state index contributed by atoms with van der Waals surface area (Å²) >= 11 is 0. The smallest absolute Gasteiger partial charge is 0.158 e. The summed E-state index contributed by atoms with van der Waals surface area (Å²) < 4.78 is 22.4. The molecule has 66 valence electrons. The van der Waals surface area contributed by atoms with E-state index in [2.05, 4.69) is 0 Å². The number of rotatable bonds is 4. The molecule has 0 aromatic carbocycles. The van der Waals surface area contributed by atoms with Gasteiger partial charge in [0, 0.05) is 0 Å². The predicted molar refractivity (Wildman–Crippen MR) is 46.3 cm³/mol. The molecule has 2 nitrogen and oxygen atoms in total. The Kier molecular flexibility index (Phi) is 2.58. The maximum atomic E-state index is 11.2. The van der Waals surface area contributed by atoms with Gasteiger partial charge in [0.05, 0.1) is 10.5 Å². The molecule has 1 heterocycles. The first kappa shape index (κ1) is 9.04. The average Bonchev–Trinajstić information content (AvgIpc) is 2.41. The van der Waals surface area contributed by atoms with E-state index in [4.69, 9.17) is 0 Å². The van der Waals surface area contributed by atoms with Crippen molar-refractivity contribution in [2.75, 3.05) is 0 Å². The van der Waals surface area contributed by atoms with Crippen LogP contribution < -0.4 is 0 Å². The predicted octanol–water partition coefficient (Wildman–Crippen LogP) is 1.75. The molecule has 0 aromatic rings. The molecule has 1 fully saturated rings. The van der Waals surface area contributed by atoms with Crippen LogP contribution in [0.15, 0.2) is 0 Å². The van der Waals surface area contributed by atoms with Crippen molar-refractivity contribution in [3.8, 4) is 0 Å². The fourth-order valence-corrected chi connectivity index (χ4v) is 4.09. The van der Waals surface area contributed by atoms with Crippen LogP contribution in [-0.4, -0.2) is 18.9 Å². The monoisotopic (exact) mass is 176 g/mol. The van der Waals surface area contributed by atoms with Crippen LogP contribution in [0.25, 0.3) is 0 Å². The lowest BCUT2D eigenvalue weighted by atomic mass is 10.1. The van der Waals surface area contributed by atoms with Crippen LogP contribution in [0.2, 0.25) is 0 Å². The van der Waals surface area contributed by atoms with Gasteiger partial charge in [-0.3, -0.25) is 0 Å². The van der Waals surface area contributed by atoms with E-state index < -0.39 is 9.84 Å². The Morgan fingerprint density at radius 2 is 1.36 bits per heavy atom. The molecule has 1 saturated heterocycles. The summed E-state index contributed by atoms with van der Waals surface area (Å²) in [6, 6.07) is 0. The summed E-state index contributed by atoms with van der Waals surface area (Å²) in [5, 5.41) is 0.0416. The molecule has 0 N–H and O–H groups in total. The summed E-state index contributed by atoms with van der Waals surface area (Å²) in [5.41, 5.74) is 0. The zero-order valence-electron chi connectivity index (χ0n) is 7.21. The zero-order chi connectivity index (χ0) is 8.48. The topological polar surface area (TPSA) is 34.1 Å². The summed E-state index contributed by atoms with van der Waals surface area (Å²) in [4.78, 5) is 0. The van der Waals surface area contributed by atoms with Crippen LogP contribution in [0.1, 0.15) is 39.5 Å². The van der Waals surface area contributed by atoms with Crippen molar-refractivity contribution in [1.82, 2.24) is 0 Å². The van der Waals surface area contributed by atoms with E-state index in [1.165, 1.54) is 0 Å². The Morgan fingerprint density at radius 1 is 1.00 bits per heavy atom. The molecule has 2 atom stereocenters. The van der Waals surface area contributed by atoms with Crippen molar-refractivity contribution in [2.45, 2.75) is 50.0 Å². The molecule has 0 saturated carbocycles. The maximum absolute atomic E-state index is 11.2. The molecule has 0 radical (unpaired) electrons. The molecule has 11 heavy (non-hydrogen) atoms. The molecule has 0 spiro atoms. The van der Waals surface area contributed by atoms with E-state index in [0.717, 1.165) is 25.7 Å². The Hall–Kier alpha value is -0.0500. The highest BCUT2D eigenvalue weighted by atomic mass is 32.2. The van der Waals surface area contributed by atoms with Gasteiger partial charge in [-0.15, -0.1) is 0 Å². The lowest BCUT2D eigenvalue weighted by molar-refractivity contribution is 0.608. The van der Waals surface area contributed by atoms with Crippen molar-refractivity contribution in [3.63, 3.8) is 0 Å². The Balaban J connectivity index is 2.47. The van der Waals surface area contributed by atoms with Crippen LogP contribution in [0.3, 0.4) is 0 Å². The molecule has 1 rings (SSSR count). The molecular formula is C8H16O2S. The maximum Gasteiger partial charge on any atom is 0.158 e. The second-order valence-corrected chi connectivity index (χ2v) is 5.63. The third-order valence-electron chi connectivity index (χ3n) is 2.33. The van der Waals surface area contributed by atoms with E-state index in [-0.39, 0.29) is 10.5 Å². The fraction of sp³-hybridized carbons (Fsp3) is 1.00. The average molecular weight is 176 g/mol. The van der Waals surface area contributed by atoms with E-state index in [0.29, 0.717) is 0 Å². The molecule has 0 amide bonds. The van der Waals surface area contributed by atoms with Crippen molar-refractivity contribution in [3.05, 3.63) is 0 Å². The van der Waals surface area contributed by atoms with E-state index in [1.54, 1.807) is 0 Å². The third kappa shape index (κ3) is 1.58. The highest BCUT2D eigenvalue weighted by Crippen LogP contribution is 2.39. The second-order valence-electron chi connectivity index (χ2n) is 3.24. The van der Waals surface area contributed by atoms with Gasteiger partial charge >= 0.3 is 0 Å².